The van der Waals surface area contributed by atoms with E-state index in [9.17, 15) is 26.3 Å². The molecule has 0 saturated heterocycles. The number of benzene rings is 1. The van der Waals surface area contributed by atoms with E-state index in [4.69, 9.17) is 0 Å². The SMILES string of the molecule is C=COC(F)(F)C(F)(F)C(F)(F)Oc1ccccc1. The van der Waals surface area contributed by atoms with Gasteiger partial charge in [-0.2, -0.15) is 26.3 Å². The van der Waals surface area contributed by atoms with Crippen molar-refractivity contribution in [3.05, 3.63) is 43.2 Å². The summed E-state index contributed by atoms with van der Waals surface area (Å²) in [6.45, 7) is 2.60. The molecule has 0 aliphatic heterocycles. The third kappa shape index (κ3) is 2.94. The van der Waals surface area contributed by atoms with Gasteiger partial charge < -0.3 is 9.47 Å². The van der Waals surface area contributed by atoms with E-state index in [-0.39, 0.29) is 6.26 Å². The van der Waals surface area contributed by atoms with Crippen LogP contribution in [0.1, 0.15) is 0 Å². The first-order valence-corrected chi connectivity index (χ1v) is 4.80. The molecule has 19 heavy (non-hydrogen) atoms. The largest absolute Gasteiger partial charge is 0.475 e. The standard InChI is InChI=1S/C11H8F6O2/c1-2-18-10(14,15)9(12,13)11(16,17)19-8-6-4-3-5-7-8/h2-7H,1H2. The summed E-state index contributed by atoms with van der Waals surface area (Å²) in [5.74, 6) is -6.58. The average molecular weight is 286 g/mol. The molecule has 0 atom stereocenters. The van der Waals surface area contributed by atoms with Gasteiger partial charge in [-0.15, -0.1) is 0 Å². The van der Waals surface area contributed by atoms with Gasteiger partial charge in [-0.05, 0) is 12.1 Å². The van der Waals surface area contributed by atoms with E-state index < -0.39 is 23.9 Å². The second-order valence-electron chi connectivity index (χ2n) is 3.31. The van der Waals surface area contributed by atoms with Gasteiger partial charge in [0.25, 0.3) is 0 Å². The van der Waals surface area contributed by atoms with Crippen molar-refractivity contribution in [1.29, 1.82) is 0 Å². The van der Waals surface area contributed by atoms with Crippen LogP contribution in [0.5, 0.6) is 5.75 Å². The topological polar surface area (TPSA) is 18.5 Å². The third-order valence-corrected chi connectivity index (χ3v) is 1.95. The molecule has 1 aromatic rings. The zero-order valence-corrected chi connectivity index (χ0v) is 9.26. The fourth-order valence-corrected chi connectivity index (χ4v) is 1.05. The van der Waals surface area contributed by atoms with Gasteiger partial charge in [0.1, 0.15) is 5.75 Å². The second-order valence-corrected chi connectivity index (χ2v) is 3.31. The molecule has 0 bridgehead atoms. The Bertz CT molecular complexity index is 432. The molecule has 0 spiro atoms. The molecule has 0 fully saturated rings. The van der Waals surface area contributed by atoms with Crippen molar-refractivity contribution in [2.45, 2.75) is 18.1 Å². The third-order valence-electron chi connectivity index (χ3n) is 1.95. The van der Waals surface area contributed by atoms with Crippen LogP contribution in [0.3, 0.4) is 0 Å². The maximum Gasteiger partial charge on any atom is 0.475 e. The molecule has 0 saturated carbocycles. The summed E-state index contributed by atoms with van der Waals surface area (Å²) >= 11 is 0. The lowest BCUT2D eigenvalue weighted by Gasteiger charge is -2.30. The number of rotatable bonds is 6. The highest BCUT2D eigenvalue weighted by molar-refractivity contribution is 5.21. The average Bonchev–Trinajstić information content (AvgIpc) is 2.29. The lowest BCUT2D eigenvalue weighted by molar-refractivity contribution is -0.424. The van der Waals surface area contributed by atoms with Crippen LogP contribution in [0.2, 0.25) is 0 Å². The first-order valence-electron chi connectivity index (χ1n) is 4.80. The Morgan fingerprint density at radius 3 is 1.89 bits per heavy atom. The Balaban J connectivity index is 3.00. The first-order chi connectivity index (χ1) is 8.64. The van der Waals surface area contributed by atoms with Crippen molar-refractivity contribution in [3.8, 4) is 5.75 Å². The maximum absolute atomic E-state index is 13.1. The van der Waals surface area contributed by atoms with Crippen LogP contribution in [0.25, 0.3) is 0 Å². The first kappa shape index (κ1) is 15.2. The fourth-order valence-electron chi connectivity index (χ4n) is 1.05. The van der Waals surface area contributed by atoms with Crippen molar-refractivity contribution < 1.29 is 35.8 Å². The smallest absolute Gasteiger partial charge is 0.436 e. The van der Waals surface area contributed by atoms with Crippen LogP contribution >= 0.6 is 0 Å². The molecule has 0 N–H and O–H groups in total. The molecule has 0 unspecified atom stereocenters. The fraction of sp³-hybridized carbons (Fsp3) is 0.273. The Labute approximate surface area is 104 Å². The molecule has 0 aliphatic carbocycles. The van der Waals surface area contributed by atoms with Crippen LogP contribution < -0.4 is 4.74 Å². The number of hydrogen-bond donors (Lipinski definition) is 0. The Morgan fingerprint density at radius 1 is 0.895 bits per heavy atom. The summed E-state index contributed by atoms with van der Waals surface area (Å²) in [5, 5.41) is 0. The lowest BCUT2D eigenvalue weighted by Crippen LogP contribution is -2.57. The van der Waals surface area contributed by atoms with Gasteiger partial charge in [-0.25, -0.2) is 0 Å². The van der Waals surface area contributed by atoms with Crippen LogP contribution in [-0.2, 0) is 4.74 Å². The molecular weight excluding hydrogens is 278 g/mol. The summed E-state index contributed by atoms with van der Waals surface area (Å²) in [6.07, 6.45) is -11.0. The molecule has 2 nitrogen and oxygen atoms in total. The zero-order chi connectivity index (χ0) is 14.7. The van der Waals surface area contributed by atoms with E-state index in [1.807, 2.05) is 0 Å². The van der Waals surface area contributed by atoms with Gasteiger partial charge in [0.2, 0.25) is 0 Å². The van der Waals surface area contributed by atoms with Crippen molar-refractivity contribution in [3.63, 3.8) is 0 Å². The molecule has 0 heterocycles. The minimum atomic E-state index is -5.88. The van der Waals surface area contributed by atoms with Gasteiger partial charge in [0.15, 0.2) is 0 Å². The van der Waals surface area contributed by atoms with Crippen LogP contribution in [0.4, 0.5) is 26.3 Å². The minimum Gasteiger partial charge on any atom is -0.436 e. The number of para-hydroxylation sites is 1. The molecule has 1 rings (SSSR count). The Kier molecular flexibility index (Phi) is 4.02. The number of alkyl halides is 6. The number of hydrogen-bond acceptors (Lipinski definition) is 2. The molecule has 0 amide bonds. The van der Waals surface area contributed by atoms with Crippen LogP contribution in [-0.4, -0.2) is 18.1 Å². The summed E-state index contributed by atoms with van der Waals surface area (Å²) in [4.78, 5) is 0. The van der Waals surface area contributed by atoms with Crippen LogP contribution in [0.15, 0.2) is 43.2 Å². The molecular formula is C11H8F6O2. The second kappa shape index (κ2) is 5.02. The minimum absolute atomic E-state index is 0.0630. The molecule has 8 heteroatoms. The Hall–Kier alpha value is -1.86. The van der Waals surface area contributed by atoms with Crippen molar-refractivity contribution >= 4 is 0 Å². The normalized spacial score (nSPS) is 12.9. The summed E-state index contributed by atoms with van der Waals surface area (Å²) in [7, 11) is 0. The van der Waals surface area contributed by atoms with E-state index in [2.05, 4.69) is 16.1 Å². The molecule has 106 valence electrons. The maximum atomic E-state index is 13.1. The van der Waals surface area contributed by atoms with E-state index in [0.717, 1.165) is 12.1 Å². The van der Waals surface area contributed by atoms with E-state index in [1.165, 1.54) is 18.2 Å². The monoisotopic (exact) mass is 286 g/mol. The summed E-state index contributed by atoms with van der Waals surface area (Å²) < 4.78 is 84.7. The number of ether oxygens (including phenoxy) is 2. The zero-order valence-electron chi connectivity index (χ0n) is 9.26. The van der Waals surface area contributed by atoms with Gasteiger partial charge in [0, 0.05) is 0 Å². The summed E-state index contributed by atoms with van der Waals surface area (Å²) in [6, 6.07) is 5.65. The Morgan fingerprint density at radius 2 is 1.42 bits per heavy atom. The molecule has 0 aliphatic rings. The van der Waals surface area contributed by atoms with Crippen molar-refractivity contribution in [2.24, 2.45) is 0 Å². The van der Waals surface area contributed by atoms with E-state index in [1.54, 1.807) is 0 Å². The van der Waals surface area contributed by atoms with E-state index >= 15 is 0 Å². The molecule has 1 aromatic carbocycles. The van der Waals surface area contributed by atoms with Gasteiger partial charge in [-0.3, -0.25) is 0 Å². The van der Waals surface area contributed by atoms with Crippen molar-refractivity contribution in [1.82, 2.24) is 0 Å². The predicted molar refractivity (Wildman–Crippen MR) is 53.2 cm³/mol. The highest BCUT2D eigenvalue weighted by Gasteiger charge is 2.76. The molecule has 0 aromatic heterocycles. The van der Waals surface area contributed by atoms with Gasteiger partial charge >= 0.3 is 18.1 Å². The van der Waals surface area contributed by atoms with Crippen molar-refractivity contribution in [2.75, 3.05) is 0 Å². The van der Waals surface area contributed by atoms with E-state index in [0.29, 0.717) is 0 Å². The quantitative estimate of drug-likeness (QED) is 0.580. The lowest BCUT2D eigenvalue weighted by atomic mass is 10.3. The number of halogens is 6. The van der Waals surface area contributed by atoms with Crippen LogP contribution in [0, 0.1) is 0 Å². The van der Waals surface area contributed by atoms with Gasteiger partial charge in [0.05, 0.1) is 6.26 Å². The predicted octanol–water partition coefficient (Wildman–Crippen LogP) is 4.05. The molecule has 0 radical (unpaired) electrons. The highest BCUT2D eigenvalue weighted by atomic mass is 19.4. The van der Waals surface area contributed by atoms with Gasteiger partial charge in [-0.1, -0.05) is 24.8 Å². The highest BCUT2D eigenvalue weighted by Crippen LogP contribution is 2.47. The summed E-state index contributed by atoms with van der Waals surface area (Å²) in [5.41, 5.74) is 0.